The Hall–Kier alpha value is -1.53. The van der Waals surface area contributed by atoms with Gasteiger partial charge in [-0.15, -0.1) is 0 Å². The fourth-order valence-electron chi connectivity index (χ4n) is 1.04. The molecule has 0 aromatic carbocycles. The number of halogens is 3. The number of alkyl halides is 3. The van der Waals surface area contributed by atoms with Crippen LogP contribution in [0.3, 0.4) is 0 Å². The van der Waals surface area contributed by atoms with Crippen molar-refractivity contribution in [1.82, 2.24) is 9.97 Å². The van der Waals surface area contributed by atoms with Crippen LogP contribution in [0.5, 0.6) is 5.88 Å². The maximum atomic E-state index is 12.3. The molecule has 0 radical (unpaired) electrons. The molecule has 16 heavy (non-hydrogen) atoms. The van der Waals surface area contributed by atoms with Gasteiger partial charge in [0.05, 0.1) is 5.56 Å². The van der Waals surface area contributed by atoms with Gasteiger partial charge in [0.2, 0.25) is 5.88 Å². The van der Waals surface area contributed by atoms with E-state index in [1.54, 1.807) is 14.0 Å². The van der Waals surface area contributed by atoms with Crippen LogP contribution in [0.15, 0.2) is 6.33 Å². The van der Waals surface area contributed by atoms with Gasteiger partial charge in [0.1, 0.15) is 12.1 Å². The van der Waals surface area contributed by atoms with E-state index in [0.29, 0.717) is 11.4 Å². The van der Waals surface area contributed by atoms with Gasteiger partial charge in [-0.05, 0) is 13.8 Å². The molecule has 7 heteroatoms. The molecule has 0 amide bonds. The molecule has 1 aromatic heterocycles. The van der Waals surface area contributed by atoms with Gasteiger partial charge in [-0.2, -0.15) is 13.2 Å². The first-order valence-corrected chi connectivity index (χ1v) is 4.59. The smallest absolute Gasteiger partial charge is 0.425 e. The lowest BCUT2D eigenvalue weighted by molar-refractivity contribution is -0.190. The summed E-state index contributed by atoms with van der Waals surface area (Å²) >= 11 is 0. The molecule has 90 valence electrons. The van der Waals surface area contributed by atoms with Crippen molar-refractivity contribution < 1.29 is 17.9 Å². The highest BCUT2D eigenvalue weighted by Gasteiger charge is 2.38. The molecule has 0 aliphatic carbocycles. The molecule has 1 heterocycles. The van der Waals surface area contributed by atoms with Crippen molar-refractivity contribution in [1.29, 1.82) is 0 Å². The Balaban J connectivity index is 2.90. The first-order chi connectivity index (χ1) is 7.36. The van der Waals surface area contributed by atoms with Crippen LogP contribution in [0, 0.1) is 6.92 Å². The van der Waals surface area contributed by atoms with E-state index < -0.39 is 12.3 Å². The highest BCUT2D eigenvalue weighted by atomic mass is 19.4. The van der Waals surface area contributed by atoms with Gasteiger partial charge >= 0.3 is 6.18 Å². The molecular weight excluding hydrogens is 223 g/mol. The van der Waals surface area contributed by atoms with Crippen molar-refractivity contribution in [3.05, 3.63) is 11.9 Å². The van der Waals surface area contributed by atoms with E-state index in [9.17, 15) is 13.2 Å². The molecule has 0 saturated carbocycles. The van der Waals surface area contributed by atoms with E-state index >= 15 is 0 Å². The zero-order chi connectivity index (χ0) is 12.3. The second kappa shape index (κ2) is 4.54. The highest BCUT2D eigenvalue weighted by molar-refractivity contribution is 5.46. The summed E-state index contributed by atoms with van der Waals surface area (Å²) in [5.41, 5.74) is 0.445. The average Bonchev–Trinajstić information content (AvgIpc) is 2.19. The highest BCUT2D eigenvalue weighted by Crippen LogP contribution is 2.27. The first-order valence-electron chi connectivity index (χ1n) is 4.59. The van der Waals surface area contributed by atoms with Crippen LogP contribution in [-0.2, 0) is 0 Å². The van der Waals surface area contributed by atoms with Gasteiger partial charge in [0.25, 0.3) is 0 Å². The van der Waals surface area contributed by atoms with Crippen molar-refractivity contribution >= 4 is 5.82 Å². The minimum Gasteiger partial charge on any atom is -0.465 e. The summed E-state index contributed by atoms with van der Waals surface area (Å²) in [6.45, 7) is 2.52. The summed E-state index contributed by atoms with van der Waals surface area (Å²) in [5, 5.41) is 2.74. The number of rotatable bonds is 3. The van der Waals surface area contributed by atoms with Gasteiger partial charge in [0, 0.05) is 7.05 Å². The molecule has 1 atom stereocenters. The predicted octanol–water partition coefficient (Wildman–Crippen LogP) is 2.16. The summed E-state index contributed by atoms with van der Waals surface area (Å²) in [7, 11) is 1.62. The number of anilines is 1. The molecule has 4 nitrogen and oxygen atoms in total. The summed E-state index contributed by atoms with van der Waals surface area (Å²) in [6, 6.07) is 0. The number of nitrogens with zero attached hydrogens (tertiary/aromatic N) is 2. The van der Waals surface area contributed by atoms with E-state index in [0.717, 1.165) is 13.3 Å². The van der Waals surface area contributed by atoms with Crippen LogP contribution >= 0.6 is 0 Å². The van der Waals surface area contributed by atoms with Gasteiger partial charge in [-0.25, -0.2) is 9.97 Å². The van der Waals surface area contributed by atoms with E-state index in [4.69, 9.17) is 4.74 Å². The van der Waals surface area contributed by atoms with Crippen molar-refractivity contribution in [2.24, 2.45) is 0 Å². The summed E-state index contributed by atoms with van der Waals surface area (Å²) in [4.78, 5) is 7.51. The van der Waals surface area contributed by atoms with E-state index in [1.807, 2.05) is 0 Å². The van der Waals surface area contributed by atoms with Crippen LogP contribution in [0.4, 0.5) is 19.0 Å². The Morgan fingerprint density at radius 2 is 2.00 bits per heavy atom. The third kappa shape index (κ3) is 2.74. The SMILES string of the molecule is CNc1ncnc(OC(C)C(F)(F)F)c1C. The number of aromatic nitrogens is 2. The van der Waals surface area contributed by atoms with Crippen molar-refractivity contribution in [2.75, 3.05) is 12.4 Å². The predicted molar refractivity (Wildman–Crippen MR) is 52.5 cm³/mol. The normalized spacial score (nSPS) is 13.4. The lowest BCUT2D eigenvalue weighted by Crippen LogP contribution is -2.31. The Morgan fingerprint density at radius 1 is 1.38 bits per heavy atom. The van der Waals surface area contributed by atoms with Crippen LogP contribution in [0.2, 0.25) is 0 Å². The second-order valence-corrected chi connectivity index (χ2v) is 3.20. The molecule has 0 fully saturated rings. The van der Waals surface area contributed by atoms with Crippen molar-refractivity contribution in [3.63, 3.8) is 0 Å². The van der Waals surface area contributed by atoms with Crippen LogP contribution in [0.1, 0.15) is 12.5 Å². The minimum atomic E-state index is -4.41. The minimum absolute atomic E-state index is 0.0656. The standard InChI is InChI=1S/C9H12F3N3O/c1-5-7(13-3)14-4-15-8(5)16-6(2)9(10,11)12/h4,6H,1-3H3,(H,13,14,15). The van der Waals surface area contributed by atoms with E-state index in [-0.39, 0.29) is 5.88 Å². The lowest BCUT2D eigenvalue weighted by Gasteiger charge is -2.18. The third-order valence-electron chi connectivity index (χ3n) is 2.02. The molecule has 0 spiro atoms. The monoisotopic (exact) mass is 235 g/mol. The number of ether oxygens (including phenoxy) is 1. The van der Waals surface area contributed by atoms with Gasteiger partial charge in [-0.1, -0.05) is 0 Å². The lowest BCUT2D eigenvalue weighted by atomic mass is 10.3. The zero-order valence-electron chi connectivity index (χ0n) is 9.09. The van der Waals surface area contributed by atoms with Crippen LogP contribution in [0.25, 0.3) is 0 Å². The number of hydrogen-bond donors (Lipinski definition) is 1. The fourth-order valence-corrected chi connectivity index (χ4v) is 1.04. The molecule has 1 aromatic rings. The Labute approximate surface area is 90.9 Å². The molecule has 0 bridgehead atoms. The maximum absolute atomic E-state index is 12.3. The van der Waals surface area contributed by atoms with Crippen molar-refractivity contribution in [2.45, 2.75) is 26.1 Å². The van der Waals surface area contributed by atoms with Crippen LogP contribution in [-0.4, -0.2) is 29.3 Å². The molecular formula is C9H12F3N3O. The second-order valence-electron chi connectivity index (χ2n) is 3.20. The Kier molecular flexibility index (Phi) is 3.56. The molecule has 1 unspecified atom stereocenters. The molecule has 1 N–H and O–H groups in total. The molecule has 0 saturated heterocycles. The Morgan fingerprint density at radius 3 is 2.50 bits per heavy atom. The van der Waals surface area contributed by atoms with E-state index in [1.165, 1.54) is 0 Å². The fraction of sp³-hybridized carbons (Fsp3) is 0.556. The molecule has 1 rings (SSSR count). The quantitative estimate of drug-likeness (QED) is 0.872. The third-order valence-corrected chi connectivity index (χ3v) is 2.02. The van der Waals surface area contributed by atoms with Gasteiger partial charge in [-0.3, -0.25) is 0 Å². The van der Waals surface area contributed by atoms with Crippen LogP contribution < -0.4 is 10.1 Å². The van der Waals surface area contributed by atoms with Gasteiger partial charge < -0.3 is 10.1 Å². The largest absolute Gasteiger partial charge is 0.465 e. The van der Waals surface area contributed by atoms with Crippen molar-refractivity contribution in [3.8, 4) is 5.88 Å². The zero-order valence-corrected chi connectivity index (χ0v) is 9.09. The first kappa shape index (κ1) is 12.5. The van der Waals surface area contributed by atoms with E-state index in [2.05, 4.69) is 15.3 Å². The summed E-state index contributed by atoms with van der Waals surface area (Å²) < 4.78 is 41.5. The topological polar surface area (TPSA) is 47.0 Å². The molecule has 0 aliphatic heterocycles. The van der Waals surface area contributed by atoms with Gasteiger partial charge in [0.15, 0.2) is 6.10 Å². The maximum Gasteiger partial charge on any atom is 0.425 e. The number of nitrogens with one attached hydrogen (secondary N) is 1. The Bertz CT molecular complexity index is 368. The summed E-state index contributed by atoms with van der Waals surface area (Å²) in [5.74, 6) is 0.378. The molecule has 0 aliphatic rings. The number of hydrogen-bond acceptors (Lipinski definition) is 4. The average molecular weight is 235 g/mol. The summed E-state index contributed by atoms with van der Waals surface area (Å²) in [6.07, 6.45) is -5.15.